The summed E-state index contributed by atoms with van der Waals surface area (Å²) in [6.07, 6.45) is 7.92. The van der Waals surface area contributed by atoms with Crippen molar-refractivity contribution in [3.05, 3.63) is 59.2 Å². The molecular formula is C25H30O4. The second-order valence-corrected chi connectivity index (χ2v) is 8.57. The van der Waals surface area contributed by atoms with Gasteiger partial charge in [0.2, 0.25) is 0 Å². The number of phenols is 2. The molecule has 29 heavy (non-hydrogen) atoms. The molecule has 2 aromatic carbocycles. The van der Waals surface area contributed by atoms with Crippen LogP contribution in [0.5, 0.6) is 17.2 Å². The lowest BCUT2D eigenvalue weighted by Gasteiger charge is -2.36. The number of rotatable bonds is 7. The minimum absolute atomic E-state index is 0.0205. The van der Waals surface area contributed by atoms with E-state index in [9.17, 15) is 15.0 Å². The predicted octanol–water partition coefficient (Wildman–Crippen LogP) is 5.90. The summed E-state index contributed by atoms with van der Waals surface area (Å²) in [7, 11) is 0. The molecule has 0 radical (unpaired) electrons. The fraction of sp³-hybridized carbons (Fsp3) is 0.400. The number of ketones is 1. The highest BCUT2D eigenvalue weighted by molar-refractivity contribution is 6.09. The van der Waals surface area contributed by atoms with Gasteiger partial charge in [0.15, 0.2) is 5.78 Å². The van der Waals surface area contributed by atoms with E-state index in [0.717, 1.165) is 30.4 Å². The van der Waals surface area contributed by atoms with Crippen LogP contribution in [0.4, 0.5) is 0 Å². The molecule has 1 aliphatic rings. The average Bonchev–Trinajstić information content (AvgIpc) is 2.67. The van der Waals surface area contributed by atoms with E-state index >= 15 is 0 Å². The van der Waals surface area contributed by atoms with E-state index in [1.807, 2.05) is 0 Å². The minimum Gasteiger partial charge on any atom is -0.508 e. The number of aromatic hydroxyl groups is 2. The molecule has 0 amide bonds. The first-order chi connectivity index (χ1) is 13.8. The van der Waals surface area contributed by atoms with E-state index in [1.54, 1.807) is 42.5 Å². The summed E-state index contributed by atoms with van der Waals surface area (Å²) in [6, 6.07) is 10.0. The predicted molar refractivity (Wildman–Crippen MR) is 116 cm³/mol. The van der Waals surface area contributed by atoms with E-state index in [-0.39, 0.29) is 28.4 Å². The molecule has 2 N–H and O–H groups in total. The number of fused-ring (bicyclic) bond motifs is 1. The Kier molecular flexibility index (Phi) is 6.31. The van der Waals surface area contributed by atoms with Gasteiger partial charge in [0, 0.05) is 5.56 Å². The van der Waals surface area contributed by atoms with Crippen molar-refractivity contribution >= 4 is 11.9 Å². The van der Waals surface area contributed by atoms with E-state index in [2.05, 4.69) is 20.8 Å². The van der Waals surface area contributed by atoms with Gasteiger partial charge in [-0.25, -0.2) is 0 Å². The van der Waals surface area contributed by atoms with Crippen molar-refractivity contribution < 1.29 is 19.7 Å². The minimum atomic E-state index is -0.261. The monoisotopic (exact) mass is 394 g/mol. The molecule has 154 valence electrons. The number of phenolic OH excluding ortho intramolecular Hbond substituents is 2. The van der Waals surface area contributed by atoms with Crippen LogP contribution in [0, 0.1) is 5.92 Å². The van der Waals surface area contributed by atoms with Crippen LogP contribution in [-0.4, -0.2) is 21.6 Å². The molecule has 0 aliphatic carbocycles. The van der Waals surface area contributed by atoms with Crippen LogP contribution in [0.2, 0.25) is 0 Å². The van der Waals surface area contributed by atoms with Crippen molar-refractivity contribution in [1.82, 2.24) is 0 Å². The van der Waals surface area contributed by atoms with Crippen LogP contribution < -0.4 is 4.74 Å². The summed E-state index contributed by atoms with van der Waals surface area (Å²) in [5.74, 6) is 1.30. The van der Waals surface area contributed by atoms with Gasteiger partial charge in [-0.15, -0.1) is 0 Å². The largest absolute Gasteiger partial charge is 0.508 e. The van der Waals surface area contributed by atoms with Crippen LogP contribution in [0.1, 0.15) is 67.9 Å². The van der Waals surface area contributed by atoms with Crippen molar-refractivity contribution in [3.63, 3.8) is 0 Å². The Hall–Kier alpha value is -2.75. The van der Waals surface area contributed by atoms with Gasteiger partial charge in [0.1, 0.15) is 22.8 Å². The Labute approximate surface area is 172 Å². The first-order valence-electron chi connectivity index (χ1n) is 10.3. The fourth-order valence-corrected chi connectivity index (χ4v) is 3.77. The van der Waals surface area contributed by atoms with Crippen molar-refractivity contribution in [2.24, 2.45) is 5.92 Å². The molecule has 4 heteroatoms. The van der Waals surface area contributed by atoms with Gasteiger partial charge in [-0.05, 0) is 74.4 Å². The maximum Gasteiger partial charge on any atom is 0.189 e. The highest BCUT2D eigenvalue weighted by Gasteiger charge is 2.33. The standard InChI is InChI=1S/C25H30O4/c1-17(2)5-4-15-25(3)16-14-21-23(29-25)13-11-20(24(21)28)22(27)12-8-18-6-9-19(26)10-7-18/h6-13,17,26,28H,4-5,14-16H2,1-3H3/b12-8+. The zero-order valence-corrected chi connectivity index (χ0v) is 17.4. The molecule has 1 heterocycles. The molecule has 1 atom stereocenters. The molecule has 2 aromatic rings. The molecule has 0 bridgehead atoms. The summed E-state index contributed by atoms with van der Waals surface area (Å²) in [6.45, 7) is 6.59. The zero-order valence-electron chi connectivity index (χ0n) is 17.4. The van der Waals surface area contributed by atoms with E-state index in [1.165, 1.54) is 12.5 Å². The number of ether oxygens (including phenoxy) is 1. The smallest absolute Gasteiger partial charge is 0.189 e. The first-order valence-corrected chi connectivity index (χ1v) is 10.3. The molecule has 0 saturated carbocycles. The third-order valence-electron chi connectivity index (χ3n) is 5.57. The number of hydrogen-bond acceptors (Lipinski definition) is 4. The van der Waals surface area contributed by atoms with Crippen LogP contribution in [-0.2, 0) is 6.42 Å². The number of carbonyl (C=O) groups is 1. The lowest BCUT2D eigenvalue weighted by atomic mass is 9.86. The second kappa shape index (κ2) is 8.73. The highest BCUT2D eigenvalue weighted by atomic mass is 16.5. The van der Waals surface area contributed by atoms with Gasteiger partial charge in [-0.1, -0.05) is 38.5 Å². The normalized spacial score (nSPS) is 18.6. The lowest BCUT2D eigenvalue weighted by Crippen LogP contribution is -2.36. The van der Waals surface area contributed by atoms with Crippen molar-refractivity contribution in [2.75, 3.05) is 0 Å². The third kappa shape index (κ3) is 5.20. The molecule has 1 unspecified atom stereocenters. The Morgan fingerprint density at radius 2 is 1.90 bits per heavy atom. The summed E-state index contributed by atoms with van der Waals surface area (Å²) < 4.78 is 6.24. The van der Waals surface area contributed by atoms with Gasteiger partial charge in [-0.2, -0.15) is 0 Å². The maximum absolute atomic E-state index is 12.6. The summed E-state index contributed by atoms with van der Waals surface area (Å²) in [4.78, 5) is 12.6. The Bertz CT molecular complexity index is 896. The molecule has 4 nitrogen and oxygen atoms in total. The molecule has 3 rings (SSSR count). The van der Waals surface area contributed by atoms with Gasteiger partial charge in [0.25, 0.3) is 0 Å². The highest BCUT2D eigenvalue weighted by Crippen LogP contribution is 2.41. The maximum atomic E-state index is 12.6. The van der Waals surface area contributed by atoms with Gasteiger partial charge in [-0.3, -0.25) is 4.79 Å². The SMILES string of the molecule is CC(C)CCCC1(C)CCc2c(ccc(C(=O)/C=C/c3ccc(O)cc3)c2O)O1. The van der Waals surface area contributed by atoms with Crippen LogP contribution in [0.15, 0.2) is 42.5 Å². The lowest BCUT2D eigenvalue weighted by molar-refractivity contribution is 0.0520. The van der Waals surface area contributed by atoms with Gasteiger partial charge in [0.05, 0.1) is 5.56 Å². The number of allylic oxidation sites excluding steroid dienone is 1. The third-order valence-corrected chi connectivity index (χ3v) is 5.57. The van der Waals surface area contributed by atoms with E-state index in [4.69, 9.17) is 4.74 Å². The summed E-state index contributed by atoms with van der Waals surface area (Å²) in [5.41, 5.74) is 1.58. The average molecular weight is 395 g/mol. The topological polar surface area (TPSA) is 66.8 Å². The van der Waals surface area contributed by atoms with Crippen molar-refractivity contribution in [1.29, 1.82) is 0 Å². The van der Waals surface area contributed by atoms with Gasteiger partial charge < -0.3 is 14.9 Å². The van der Waals surface area contributed by atoms with Crippen molar-refractivity contribution in [3.8, 4) is 17.2 Å². The molecular weight excluding hydrogens is 364 g/mol. The Morgan fingerprint density at radius 1 is 1.17 bits per heavy atom. The van der Waals surface area contributed by atoms with Crippen LogP contribution >= 0.6 is 0 Å². The van der Waals surface area contributed by atoms with E-state index < -0.39 is 0 Å². The zero-order chi connectivity index (χ0) is 21.0. The number of carbonyl (C=O) groups excluding carboxylic acids is 1. The Balaban J connectivity index is 1.73. The molecule has 0 saturated heterocycles. The fourth-order valence-electron chi connectivity index (χ4n) is 3.77. The van der Waals surface area contributed by atoms with Crippen LogP contribution in [0.3, 0.4) is 0 Å². The second-order valence-electron chi connectivity index (χ2n) is 8.57. The Morgan fingerprint density at radius 3 is 2.59 bits per heavy atom. The first kappa shape index (κ1) is 21.0. The van der Waals surface area contributed by atoms with E-state index in [0.29, 0.717) is 18.1 Å². The van der Waals surface area contributed by atoms with Crippen molar-refractivity contribution in [2.45, 2.75) is 58.5 Å². The number of benzene rings is 2. The summed E-state index contributed by atoms with van der Waals surface area (Å²) in [5, 5.41) is 20.0. The molecule has 0 aromatic heterocycles. The number of hydrogen-bond donors (Lipinski definition) is 2. The molecule has 0 spiro atoms. The quantitative estimate of drug-likeness (QED) is 0.453. The van der Waals surface area contributed by atoms with Crippen LogP contribution in [0.25, 0.3) is 6.08 Å². The summed E-state index contributed by atoms with van der Waals surface area (Å²) >= 11 is 0. The molecule has 0 fully saturated rings. The van der Waals surface area contributed by atoms with Gasteiger partial charge >= 0.3 is 0 Å². The molecule has 1 aliphatic heterocycles.